The number of carbonyl (C=O) groups is 2. The zero-order valence-corrected chi connectivity index (χ0v) is 14.9. The molecule has 2 aromatic rings. The third-order valence-electron chi connectivity index (χ3n) is 3.89. The molecule has 2 aromatic carbocycles. The third-order valence-corrected chi connectivity index (χ3v) is 5.82. The molecule has 3 rings (SSSR count). The highest BCUT2D eigenvalue weighted by Crippen LogP contribution is 2.26. The first kappa shape index (κ1) is 17.4. The molecule has 0 atom stereocenters. The summed E-state index contributed by atoms with van der Waals surface area (Å²) in [7, 11) is -3.61. The fraction of sp³-hybridized carbons (Fsp3) is 0.176. The molecule has 0 bridgehead atoms. The summed E-state index contributed by atoms with van der Waals surface area (Å²) in [5, 5.41) is 3.27. The molecule has 1 saturated heterocycles. The van der Waals surface area contributed by atoms with Gasteiger partial charge < -0.3 is 5.32 Å². The lowest BCUT2D eigenvalue weighted by Gasteiger charge is -2.15. The van der Waals surface area contributed by atoms with E-state index in [0.717, 1.165) is 9.87 Å². The van der Waals surface area contributed by atoms with Crippen molar-refractivity contribution in [2.75, 3.05) is 15.4 Å². The number of carbonyl (C=O) groups excluding carboxylic acids is 2. The van der Waals surface area contributed by atoms with E-state index in [9.17, 15) is 18.0 Å². The van der Waals surface area contributed by atoms with Crippen molar-refractivity contribution in [1.82, 2.24) is 0 Å². The van der Waals surface area contributed by atoms with Crippen molar-refractivity contribution < 1.29 is 18.0 Å². The molecule has 6 nitrogen and oxygen atoms in total. The van der Waals surface area contributed by atoms with Crippen LogP contribution in [0.25, 0.3) is 0 Å². The Kier molecular flexibility index (Phi) is 4.53. The summed E-state index contributed by atoms with van der Waals surface area (Å²) in [6.45, 7) is 1.85. The van der Waals surface area contributed by atoms with Crippen molar-refractivity contribution in [3.8, 4) is 0 Å². The number of benzene rings is 2. The Bertz CT molecular complexity index is 955. The van der Waals surface area contributed by atoms with Gasteiger partial charge in [0, 0.05) is 22.7 Å². The Morgan fingerprint density at radius 3 is 2.44 bits per heavy atom. The van der Waals surface area contributed by atoms with E-state index in [0.29, 0.717) is 16.3 Å². The molecule has 2 amide bonds. The third kappa shape index (κ3) is 3.52. The van der Waals surface area contributed by atoms with Crippen molar-refractivity contribution >= 4 is 44.8 Å². The van der Waals surface area contributed by atoms with Crippen LogP contribution in [-0.2, 0) is 14.8 Å². The van der Waals surface area contributed by atoms with Gasteiger partial charge in [-0.2, -0.15) is 0 Å². The highest BCUT2D eigenvalue weighted by molar-refractivity contribution is 7.94. The largest absolute Gasteiger partial charge is 0.322 e. The molecular formula is C17H15ClN2O4S. The van der Waals surface area contributed by atoms with Gasteiger partial charge in [0.15, 0.2) is 0 Å². The number of anilines is 2. The Hall–Kier alpha value is -2.38. The predicted octanol–water partition coefficient (Wildman–Crippen LogP) is 2.97. The average Bonchev–Trinajstić information content (AvgIpc) is 2.84. The van der Waals surface area contributed by atoms with E-state index in [1.54, 1.807) is 18.2 Å². The number of halogens is 1. The monoisotopic (exact) mass is 378 g/mol. The molecule has 0 radical (unpaired) electrons. The number of rotatable bonds is 3. The van der Waals surface area contributed by atoms with Crippen LogP contribution < -0.4 is 9.62 Å². The van der Waals surface area contributed by atoms with Crippen molar-refractivity contribution in [3.05, 3.63) is 58.6 Å². The van der Waals surface area contributed by atoms with Crippen LogP contribution in [0, 0.1) is 6.92 Å². The summed E-state index contributed by atoms with van der Waals surface area (Å²) in [4.78, 5) is 24.1. The quantitative estimate of drug-likeness (QED) is 0.889. The number of amides is 2. The topological polar surface area (TPSA) is 83.6 Å². The maximum Gasteiger partial charge on any atom is 0.255 e. The van der Waals surface area contributed by atoms with Gasteiger partial charge in [0.05, 0.1) is 11.4 Å². The molecule has 0 aliphatic carbocycles. The zero-order valence-electron chi connectivity index (χ0n) is 13.3. The molecular weight excluding hydrogens is 364 g/mol. The molecule has 8 heteroatoms. The van der Waals surface area contributed by atoms with E-state index in [4.69, 9.17) is 11.6 Å². The van der Waals surface area contributed by atoms with Crippen LogP contribution in [0.4, 0.5) is 11.4 Å². The fourth-order valence-electron chi connectivity index (χ4n) is 2.54. The summed E-state index contributed by atoms with van der Waals surface area (Å²) >= 11 is 5.93. The summed E-state index contributed by atoms with van der Waals surface area (Å²) in [6, 6.07) is 11.0. The van der Waals surface area contributed by atoms with Gasteiger partial charge in [-0.3, -0.25) is 9.59 Å². The van der Waals surface area contributed by atoms with Crippen LogP contribution in [0.2, 0.25) is 5.02 Å². The van der Waals surface area contributed by atoms with Crippen LogP contribution in [0.15, 0.2) is 42.5 Å². The first-order valence-corrected chi connectivity index (χ1v) is 9.50. The van der Waals surface area contributed by atoms with Crippen molar-refractivity contribution in [2.45, 2.75) is 13.3 Å². The Labute approximate surface area is 150 Å². The van der Waals surface area contributed by atoms with E-state index < -0.39 is 15.9 Å². The highest BCUT2D eigenvalue weighted by Gasteiger charge is 2.36. The Morgan fingerprint density at radius 2 is 1.84 bits per heavy atom. The number of aryl methyl sites for hydroxylation is 1. The van der Waals surface area contributed by atoms with Crippen molar-refractivity contribution in [1.29, 1.82) is 0 Å². The van der Waals surface area contributed by atoms with Crippen LogP contribution in [0.1, 0.15) is 22.3 Å². The van der Waals surface area contributed by atoms with E-state index in [1.165, 1.54) is 24.3 Å². The zero-order chi connectivity index (χ0) is 18.2. The molecule has 1 heterocycles. The average molecular weight is 379 g/mol. The highest BCUT2D eigenvalue weighted by atomic mass is 35.5. The minimum absolute atomic E-state index is 0.0292. The van der Waals surface area contributed by atoms with Gasteiger partial charge in [0.25, 0.3) is 5.91 Å². The second kappa shape index (κ2) is 6.50. The number of hydrogen-bond donors (Lipinski definition) is 1. The second-order valence-corrected chi connectivity index (χ2v) is 8.06. The standard InChI is InChI=1S/C17H15ClN2O4S/c1-11-2-5-13(18)10-15(11)19-17(22)12-3-6-14(7-4-12)20-16(21)8-9-25(20,23)24/h2-7,10H,8-9H2,1H3,(H,19,22). The van der Waals surface area contributed by atoms with Crippen molar-refractivity contribution in [3.63, 3.8) is 0 Å². The van der Waals surface area contributed by atoms with Crippen LogP contribution >= 0.6 is 11.6 Å². The van der Waals surface area contributed by atoms with Gasteiger partial charge in [-0.1, -0.05) is 17.7 Å². The molecule has 1 aliphatic heterocycles. The molecule has 0 saturated carbocycles. The SMILES string of the molecule is Cc1ccc(Cl)cc1NC(=O)c1ccc(N2C(=O)CCS2(=O)=O)cc1. The minimum atomic E-state index is -3.61. The maximum atomic E-state index is 12.3. The van der Waals surface area contributed by atoms with Gasteiger partial charge in [-0.15, -0.1) is 0 Å². The van der Waals surface area contributed by atoms with E-state index in [2.05, 4.69) is 5.32 Å². The predicted molar refractivity (Wildman–Crippen MR) is 96.5 cm³/mol. The first-order chi connectivity index (χ1) is 11.8. The molecule has 0 spiro atoms. The Morgan fingerprint density at radius 1 is 1.16 bits per heavy atom. The summed E-state index contributed by atoms with van der Waals surface area (Å²) in [5.41, 5.74) is 2.03. The molecule has 0 unspecified atom stereocenters. The molecule has 0 aromatic heterocycles. The summed E-state index contributed by atoms with van der Waals surface area (Å²) < 4.78 is 24.6. The minimum Gasteiger partial charge on any atom is -0.322 e. The maximum absolute atomic E-state index is 12.3. The number of nitrogens with one attached hydrogen (secondary N) is 1. The smallest absolute Gasteiger partial charge is 0.255 e. The van der Waals surface area contributed by atoms with E-state index >= 15 is 0 Å². The van der Waals surface area contributed by atoms with Gasteiger partial charge in [-0.25, -0.2) is 12.7 Å². The lowest BCUT2D eigenvalue weighted by Crippen LogP contribution is -2.29. The fourth-order valence-corrected chi connectivity index (χ4v) is 4.17. The van der Waals surface area contributed by atoms with Crippen LogP contribution in [-0.4, -0.2) is 26.0 Å². The Balaban J connectivity index is 1.82. The molecule has 1 N–H and O–H groups in total. The van der Waals surface area contributed by atoms with Crippen LogP contribution in [0.3, 0.4) is 0 Å². The normalized spacial score (nSPS) is 16.1. The summed E-state index contributed by atoms with van der Waals surface area (Å²) in [5.74, 6) is -1.01. The van der Waals surface area contributed by atoms with E-state index in [-0.39, 0.29) is 23.8 Å². The lowest BCUT2D eigenvalue weighted by molar-refractivity contribution is -0.116. The van der Waals surface area contributed by atoms with Gasteiger partial charge in [0.2, 0.25) is 15.9 Å². The summed E-state index contributed by atoms with van der Waals surface area (Å²) in [6.07, 6.45) is -0.0292. The van der Waals surface area contributed by atoms with Gasteiger partial charge >= 0.3 is 0 Å². The molecule has 25 heavy (non-hydrogen) atoms. The molecule has 1 aliphatic rings. The van der Waals surface area contributed by atoms with Gasteiger partial charge in [-0.05, 0) is 48.9 Å². The number of hydrogen-bond acceptors (Lipinski definition) is 4. The molecule has 1 fully saturated rings. The number of nitrogens with zero attached hydrogens (tertiary/aromatic N) is 1. The first-order valence-electron chi connectivity index (χ1n) is 7.51. The number of sulfonamides is 1. The van der Waals surface area contributed by atoms with Crippen LogP contribution in [0.5, 0.6) is 0 Å². The van der Waals surface area contributed by atoms with E-state index in [1.807, 2.05) is 6.92 Å². The second-order valence-electron chi connectivity index (χ2n) is 5.68. The van der Waals surface area contributed by atoms with Crippen molar-refractivity contribution in [2.24, 2.45) is 0 Å². The molecule has 130 valence electrons. The van der Waals surface area contributed by atoms with Gasteiger partial charge in [0.1, 0.15) is 0 Å². The lowest BCUT2D eigenvalue weighted by atomic mass is 10.1.